The Morgan fingerprint density at radius 1 is 0.947 bits per heavy atom. The second kappa shape index (κ2) is 13.5. The summed E-state index contributed by atoms with van der Waals surface area (Å²) in [6.07, 6.45) is 6.61. The number of hydrogen-bond acceptors (Lipinski definition) is 6. The molecule has 1 fully saturated rings. The van der Waals surface area contributed by atoms with E-state index in [4.69, 9.17) is 9.47 Å². The summed E-state index contributed by atoms with van der Waals surface area (Å²) in [7, 11) is -0.699. The van der Waals surface area contributed by atoms with Crippen molar-refractivity contribution in [3.05, 3.63) is 54.1 Å². The molecule has 0 radical (unpaired) electrons. The van der Waals surface area contributed by atoms with Crippen molar-refractivity contribution < 1.29 is 27.5 Å². The second-order valence-electron chi connectivity index (χ2n) is 9.60. The normalized spacial score (nSPS) is 14.8. The SMILES string of the molecule is CCC(C(=O)NC1CCCCC1)N(Cc1ccc(OC)cc1)C(=O)CN(c1ccc(OC)cc1)S(C)(=O)=O. The molecule has 0 spiro atoms. The van der Waals surface area contributed by atoms with Crippen LogP contribution >= 0.6 is 0 Å². The molecule has 1 saturated carbocycles. The monoisotopic (exact) mass is 545 g/mol. The first-order valence-electron chi connectivity index (χ1n) is 13.0. The van der Waals surface area contributed by atoms with Gasteiger partial charge in [0.25, 0.3) is 0 Å². The number of amides is 2. The molecule has 1 atom stereocenters. The van der Waals surface area contributed by atoms with E-state index in [2.05, 4.69) is 5.32 Å². The Morgan fingerprint density at radius 2 is 1.50 bits per heavy atom. The number of anilines is 1. The van der Waals surface area contributed by atoms with Crippen molar-refractivity contribution >= 4 is 27.5 Å². The lowest BCUT2D eigenvalue weighted by Gasteiger charge is -2.34. The van der Waals surface area contributed by atoms with E-state index in [1.807, 2.05) is 19.1 Å². The van der Waals surface area contributed by atoms with Crippen molar-refractivity contribution in [2.45, 2.75) is 64.1 Å². The number of benzene rings is 2. The molecular formula is C28H39N3O6S. The third kappa shape index (κ3) is 7.86. The Morgan fingerprint density at radius 3 is 2.00 bits per heavy atom. The zero-order valence-corrected chi connectivity index (χ0v) is 23.5. The molecule has 10 heteroatoms. The first kappa shape index (κ1) is 29.3. The highest BCUT2D eigenvalue weighted by Gasteiger charge is 2.32. The average molecular weight is 546 g/mol. The molecule has 0 saturated heterocycles. The third-order valence-electron chi connectivity index (χ3n) is 6.89. The molecule has 0 heterocycles. The van der Waals surface area contributed by atoms with E-state index in [1.54, 1.807) is 43.5 Å². The first-order valence-corrected chi connectivity index (χ1v) is 14.9. The summed E-state index contributed by atoms with van der Waals surface area (Å²) in [5.41, 5.74) is 1.14. The van der Waals surface area contributed by atoms with Crippen LogP contribution in [0.4, 0.5) is 5.69 Å². The van der Waals surface area contributed by atoms with Crippen molar-refractivity contribution in [3.63, 3.8) is 0 Å². The van der Waals surface area contributed by atoms with Crippen LogP contribution in [0.2, 0.25) is 0 Å². The predicted octanol–water partition coefficient (Wildman–Crippen LogP) is 3.73. The number of methoxy groups -OCH3 is 2. The fourth-order valence-corrected chi connectivity index (χ4v) is 5.60. The van der Waals surface area contributed by atoms with Crippen LogP contribution in [0.15, 0.2) is 48.5 Å². The molecule has 9 nitrogen and oxygen atoms in total. The number of carbonyl (C=O) groups is 2. The topological polar surface area (TPSA) is 105 Å². The van der Waals surface area contributed by atoms with Gasteiger partial charge in [0.1, 0.15) is 24.1 Å². The second-order valence-corrected chi connectivity index (χ2v) is 11.5. The lowest BCUT2D eigenvalue weighted by atomic mass is 9.95. The van der Waals surface area contributed by atoms with E-state index in [9.17, 15) is 18.0 Å². The predicted molar refractivity (Wildman–Crippen MR) is 148 cm³/mol. The highest BCUT2D eigenvalue weighted by atomic mass is 32.2. The van der Waals surface area contributed by atoms with Gasteiger partial charge in [-0.15, -0.1) is 0 Å². The number of sulfonamides is 1. The van der Waals surface area contributed by atoms with Crippen molar-refractivity contribution in [3.8, 4) is 11.5 Å². The Bertz CT molecular complexity index is 1160. The largest absolute Gasteiger partial charge is 0.497 e. The molecule has 1 aliphatic carbocycles. The van der Waals surface area contributed by atoms with E-state index in [0.29, 0.717) is 23.6 Å². The molecule has 38 heavy (non-hydrogen) atoms. The maximum absolute atomic E-state index is 13.8. The highest BCUT2D eigenvalue weighted by molar-refractivity contribution is 7.92. The van der Waals surface area contributed by atoms with Crippen LogP contribution in [-0.4, -0.2) is 64.2 Å². The smallest absolute Gasteiger partial charge is 0.244 e. The van der Waals surface area contributed by atoms with Crippen LogP contribution < -0.4 is 19.1 Å². The number of ether oxygens (including phenoxy) is 2. The fraction of sp³-hybridized carbons (Fsp3) is 0.500. The van der Waals surface area contributed by atoms with Gasteiger partial charge < -0.3 is 19.7 Å². The van der Waals surface area contributed by atoms with Gasteiger partial charge in [-0.2, -0.15) is 0 Å². The minimum Gasteiger partial charge on any atom is -0.497 e. The third-order valence-corrected chi connectivity index (χ3v) is 8.03. The van der Waals surface area contributed by atoms with E-state index in [0.717, 1.165) is 41.8 Å². The molecule has 0 aromatic heterocycles. The van der Waals surface area contributed by atoms with Crippen LogP contribution in [0.1, 0.15) is 51.0 Å². The van der Waals surface area contributed by atoms with Gasteiger partial charge >= 0.3 is 0 Å². The maximum atomic E-state index is 13.8. The lowest BCUT2D eigenvalue weighted by Crippen LogP contribution is -2.53. The van der Waals surface area contributed by atoms with Crippen LogP contribution in [0.5, 0.6) is 11.5 Å². The average Bonchev–Trinajstić information content (AvgIpc) is 2.92. The molecule has 3 rings (SSSR count). The van der Waals surface area contributed by atoms with Gasteiger partial charge in [0.15, 0.2) is 0 Å². The number of rotatable bonds is 12. The van der Waals surface area contributed by atoms with Gasteiger partial charge in [0, 0.05) is 12.6 Å². The minimum atomic E-state index is -3.80. The molecule has 1 N–H and O–H groups in total. The molecule has 1 unspecified atom stereocenters. The number of nitrogens with zero attached hydrogens (tertiary/aromatic N) is 2. The van der Waals surface area contributed by atoms with E-state index >= 15 is 0 Å². The molecule has 2 aromatic carbocycles. The summed E-state index contributed by atoms with van der Waals surface area (Å²) < 4.78 is 37.0. The van der Waals surface area contributed by atoms with Crippen LogP contribution in [0.25, 0.3) is 0 Å². The molecule has 0 bridgehead atoms. The van der Waals surface area contributed by atoms with E-state index in [1.165, 1.54) is 18.4 Å². The Labute approximate surface area is 226 Å². The summed E-state index contributed by atoms with van der Waals surface area (Å²) in [5, 5.41) is 3.14. The Balaban J connectivity index is 1.90. The van der Waals surface area contributed by atoms with Crippen LogP contribution in [0, 0.1) is 0 Å². The standard InChI is InChI=1S/C28H39N3O6S/c1-5-26(28(33)29-22-9-7-6-8-10-22)30(19-21-11-15-24(36-2)16-12-21)27(32)20-31(38(4,34)35)23-13-17-25(37-3)18-14-23/h11-18,22,26H,5-10,19-20H2,1-4H3,(H,29,33). The molecule has 208 valence electrons. The Kier molecular flexibility index (Phi) is 10.4. The summed E-state index contributed by atoms with van der Waals surface area (Å²) in [6, 6.07) is 13.1. The van der Waals surface area contributed by atoms with Crippen molar-refractivity contribution in [1.82, 2.24) is 10.2 Å². The Hall–Kier alpha value is -3.27. The van der Waals surface area contributed by atoms with Gasteiger partial charge in [-0.25, -0.2) is 8.42 Å². The number of nitrogens with one attached hydrogen (secondary N) is 1. The molecular weight excluding hydrogens is 506 g/mol. The fourth-order valence-electron chi connectivity index (χ4n) is 4.75. The van der Waals surface area contributed by atoms with Crippen molar-refractivity contribution in [2.75, 3.05) is 31.3 Å². The number of carbonyl (C=O) groups excluding carboxylic acids is 2. The molecule has 2 aromatic rings. The van der Waals surface area contributed by atoms with E-state index in [-0.39, 0.29) is 18.5 Å². The summed E-state index contributed by atoms with van der Waals surface area (Å²) >= 11 is 0. The van der Waals surface area contributed by atoms with Crippen molar-refractivity contribution in [1.29, 1.82) is 0 Å². The zero-order valence-electron chi connectivity index (χ0n) is 22.7. The number of hydrogen-bond donors (Lipinski definition) is 1. The molecule has 2 amide bonds. The highest BCUT2D eigenvalue weighted by Crippen LogP contribution is 2.24. The van der Waals surface area contributed by atoms with E-state index < -0.39 is 28.5 Å². The quantitative estimate of drug-likeness (QED) is 0.436. The van der Waals surface area contributed by atoms with Gasteiger partial charge in [0.05, 0.1) is 26.2 Å². The van der Waals surface area contributed by atoms with Crippen LogP contribution in [-0.2, 0) is 26.2 Å². The van der Waals surface area contributed by atoms with Gasteiger partial charge in [-0.1, -0.05) is 38.3 Å². The van der Waals surface area contributed by atoms with Gasteiger partial charge in [-0.3, -0.25) is 13.9 Å². The first-order chi connectivity index (χ1) is 18.2. The maximum Gasteiger partial charge on any atom is 0.244 e. The van der Waals surface area contributed by atoms with Gasteiger partial charge in [0.2, 0.25) is 21.8 Å². The van der Waals surface area contributed by atoms with Crippen molar-refractivity contribution in [2.24, 2.45) is 0 Å². The molecule has 1 aliphatic rings. The summed E-state index contributed by atoms with van der Waals surface area (Å²) in [4.78, 5) is 28.7. The minimum absolute atomic E-state index is 0.0926. The zero-order chi connectivity index (χ0) is 27.7. The summed E-state index contributed by atoms with van der Waals surface area (Å²) in [5.74, 6) is 0.570. The van der Waals surface area contributed by atoms with Crippen LogP contribution in [0.3, 0.4) is 0 Å². The molecule has 0 aliphatic heterocycles. The lowest BCUT2D eigenvalue weighted by molar-refractivity contribution is -0.140. The van der Waals surface area contributed by atoms with Gasteiger partial charge in [-0.05, 0) is 61.2 Å². The summed E-state index contributed by atoms with van der Waals surface area (Å²) in [6.45, 7) is 1.57.